The number of nitrogens with zero attached hydrogens (tertiary/aromatic N) is 5. The number of amides is 5. The van der Waals surface area contributed by atoms with Crippen molar-refractivity contribution in [3.05, 3.63) is 59.2 Å². The number of ether oxygens (including phenoxy) is 5. The average Bonchev–Trinajstić information content (AvgIpc) is 3.14. The van der Waals surface area contributed by atoms with E-state index < -0.39 is 46.8 Å². The van der Waals surface area contributed by atoms with Gasteiger partial charge in [0, 0.05) is 50.6 Å². The summed E-state index contributed by atoms with van der Waals surface area (Å²) in [6.07, 6.45) is -0.664. The second kappa shape index (κ2) is 20.5. The number of methoxy groups -OCH3 is 1. The highest BCUT2D eigenvalue weighted by Crippen LogP contribution is 2.30. The number of rotatable bonds is 5. The number of alkyl carbamates (subject to hydrolysis) is 2. The molecule has 18 nitrogen and oxygen atoms in total. The molecule has 0 atom stereocenters. The quantitative estimate of drug-likeness (QED) is 0.148. The molecule has 1 fully saturated rings. The van der Waals surface area contributed by atoms with Gasteiger partial charge in [-0.25, -0.2) is 19.2 Å². The Morgan fingerprint density at radius 1 is 0.625 bits per heavy atom. The highest BCUT2D eigenvalue weighted by Gasteiger charge is 2.28. The van der Waals surface area contributed by atoms with Crippen molar-refractivity contribution in [3.8, 4) is 5.75 Å². The Labute approximate surface area is 376 Å². The molecule has 64 heavy (non-hydrogen) atoms. The minimum atomic E-state index is -0.844. The van der Waals surface area contributed by atoms with Gasteiger partial charge in [0.05, 0.1) is 12.7 Å². The molecule has 0 saturated carbocycles. The largest absolute Gasteiger partial charge is 0.496 e. The van der Waals surface area contributed by atoms with Crippen LogP contribution in [0.3, 0.4) is 0 Å². The molecule has 5 amide bonds. The summed E-state index contributed by atoms with van der Waals surface area (Å²) in [5, 5.41) is 8.23. The molecular weight excluding hydrogens is 825 g/mol. The molecule has 0 spiro atoms. The number of piperazine rings is 1. The van der Waals surface area contributed by atoms with Gasteiger partial charge in [0.1, 0.15) is 28.2 Å². The predicted molar refractivity (Wildman–Crippen MR) is 246 cm³/mol. The van der Waals surface area contributed by atoms with Crippen LogP contribution in [0.2, 0.25) is 0 Å². The predicted octanol–water partition coefficient (Wildman–Crippen LogP) is 8.10. The number of guanidine groups is 2. The first-order valence-corrected chi connectivity index (χ1v) is 21.3. The van der Waals surface area contributed by atoms with Crippen molar-refractivity contribution < 1.29 is 47.7 Å². The number of hydrogen-bond donors (Lipinski definition) is 3. The topological polar surface area (TPSA) is 202 Å². The van der Waals surface area contributed by atoms with E-state index >= 15 is 0 Å². The third-order valence-electron chi connectivity index (χ3n) is 9.11. The van der Waals surface area contributed by atoms with Crippen LogP contribution in [-0.2, 0) is 18.9 Å². The maximum Gasteiger partial charge on any atom is 0.437 e. The van der Waals surface area contributed by atoms with Crippen molar-refractivity contribution in [3.63, 3.8) is 0 Å². The number of benzene rings is 2. The van der Waals surface area contributed by atoms with Crippen molar-refractivity contribution in [2.45, 2.75) is 119 Å². The summed E-state index contributed by atoms with van der Waals surface area (Å²) < 4.78 is 27.3. The summed E-state index contributed by atoms with van der Waals surface area (Å²) in [7, 11) is 1.51. The zero-order valence-corrected chi connectivity index (χ0v) is 39.8. The smallest absolute Gasteiger partial charge is 0.437 e. The summed E-state index contributed by atoms with van der Waals surface area (Å²) in [6, 6.07) is 11.1. The number of aryl methyl sites for hydroxylation is 1. The second-order valence-electron chi connectivity index (χ2n) is 19.4. The third kappa shape index (κ3) is 16.1. The van der Waals surface area contributed by atoms with Crippen LogP contribution in [0.4, 0.5) is 30.6 Å². The Balaban J connectivity index is 1.43. The van der Waals surface area contributed by atoms with E-state index in [0.29, 0.717) is 62.7 Å². The third-order valence-corrected chi connectivity index (χ3v) is 9.11. The first kappa shape index (κ1) is 50.3. The number of carbonyl (C=O) groups is 5. The molecule has 3 N–H and O–H groups in total. The summed E-state index contributed by atoms with van der Waals surface area (Å²) in [4.78, 5) is 78.2. The van der Waals surface area contributed by atoms with Crippen LogP contribution in [0.15, 0.2) is 52.5 Å². The van der Waals surface area contributed by atoms with Crippen LogP contribution >= 0.6 is 0 Å². The number of anilines is 2. The first-order valence-electron chi connectivity index (χ1n) is 21.3. The van der Waals surface area contributed by atoms with Gasteiger partial charge in [-0.3, -0.25) is 15.4 Å². The number of hydrogen-bond acceptors (Lipinski definition) is 11. The number of aliphatic imine (C=N–C) groups is 2. The summed E-state index contributed by atoms with van der Waals surface area (Å²) in [5.74, 6) is 0.103. The van der Waals surface area contributed by atoms with Crippen molar-refractivity contribution in [2.24, 2.45) is 9.98 Å². The molecule has 2 aliphatic heterocycles. The van der Waals surface area contributed by atoms with Crippen LogP contribution in [0.25, 0.3) is 5.57 Å². The fourth-order valence-electron chi connectivity index (χ4n) is 6.54. The zero-order chi connectivity index (χ0) is 47.8. The molecule has 4 rings (SSSR count). The molecule has 2 aromatic carbocycles. The van der Waals surface area contributed by atoms with Crippen LogP contribution in [-0.4, -0.2) is 121 Å². The maximum atomic E-state index is 13.6. The molecule has 0 unspecified atom stereocenters. The highest BCUT2D eigenvalue weighted by molar-refractivity contribution is 6.06. The van der Waals surface area contributed by atoms with E-state index in [1.807, 2.05) is 43.3 Å². The maximum absolute atomic E-state index is 13.6. The number of carbonyl (C=O) groups excluding carboxylic acids is 5. The molecule has 18 heteroatoms. The van der Waals surface area contributed by atoms with Gasteiger partial charge in [-0.15, -0.1) is 9.98 Å². The summed E-state index contributed by atoms with van der Waals surface area (Å²) >= 11 is 0. The second-order valence-corrected chi connectivity index (χ2v) is 19.4. The van der Waals surface area contributed by atoms with Gasteiger partial charge in [-0.2, -0.15) is 0 Å². The molecule has 0 radical (unpaired) electrons. The van der Waals surface area contributed by atoms with Gasteiger partial charge in [-0.05, 0) is 143 Å². The molecule has 0 aliphatic carbocycles. The van der Waals surface area contributed by atoms with Crippen LogP contribution < -0.4 is 25.6 Å². The van der Waals surface area contributed by atoms with E-state index in [4.69, 9.17) is 23.7 Å². The summed E-state index contributed by atoms with van der Waals surface area (Å²) in [5.41, 5.74) is 1.61. The molecule has 2 heterocycles. The minimum Gasteiger partial charge on any atom is -0.496 e. The van der Waals surface area contributed by atoms with E-state index in [1.54, 1.807) is 99.0 Å². The lowest BCUT2D eigenvalue weighted by Gasteiger charge is -2.38. The van der Waals surface area contributed by atoms with Crippen molar-refractivity contribution in [1.29, 1.82) is 0 Å². The van der Waals surface area contributed by atoms with Crippen LogP contribution in [0.5, 0.6) is 5.75 Å². The first-order chi connectivity index (χ1) is 29.6. The van der Waals surface area contributed by atoms with E-state index in [1.165, 1.54) is 7.11 Å². The summed E-state index contributed by atoms with van der Waals surface area (Å²) in [6.45, 7) is 25.5. The van der Waals surface area contributed by atoms with Gasteiger partial charge in [0.2, 0.25) is 11.9 Å². The molecule has 2 aromatic rings. The van der Waals surface area contributed by atoms with Crippen molar-refractivity contribution >= 4 is 59.1 Å². The van der Waals surface area contributed by atoms with Crippen molar-refractivity contribution in [2.75, 3.05) is 56.6 Å². The van der Waals surface area contributed by atoms with Crippen molar-refractivity contribution in [1.82, 2.24) is 20.4 Å². The van der Waals surface area contributed by atoms with E-state index in [-0.39, 0.29) is 17.8 Å². The molecule has 2 aliphatic rings. The highest BCUT2D eigenvalue weighted by atomic mass is 16.6. The fourth-order valence-corrected chi connectivity index (χ4v) is 6.54. The standard InChI is InChI=1S/C46H66N8O10/c1-29-27-32(16-18-34(29)52-23-25-54(26-24-52)38(50-41(58)63-45(8,9)10)51-42(59)64-46(11,12)13)47-36(55)33-17-15-31(28-35(33)60-14)30-19-21-53(22-20-30)37(48-39(56)61-43(2,3)4)49-40(57)62-44(5,6)7/h15-19,27-28H,20-26H2,1-14H3,(H,47,55)(H,48,49,56,57)(H,50,51,58,59). The Kier molecular flexibility index (Phi) is 16.1. The molecular formula is C46H66N8O10. The van der Waals surface area contributed by atoms with Crippen LogP contribution in [0.1, 0.15) is 111 Å². The monoisotopic (exact) mass is 890 g/mol. The zero-order valence-electron chi connectivity index (χ0n) is 39.8. The molecule has 0 aromatic heterocycles. The lowest BCUT2D eigenvalue weighted by molar-refractivity contribution is 0.0536. The average molecular weight is 891 g/mol. The SMILES string of the molecule is COc1cc(C2=CCN(/C(=N/C(=O)OC(C)(C)C)NC(=O)OC(C)(C)C)CC2)ccc1C(=O)Nc1ccc(N2CCN(/C(=N/C(=O)OC(C)(C)C)NC(=O)OC(C)(C)C)CC2)c(C)c1. The van der Waals surface area contributed by atoms with Crippen LogP contribution in [0, 0.1) is 6.92 Å². The molecule has 1 saturated heterocycles. The van der Waals surface area contributed by atoms with Gasteiger partial charge in [-0.1, -0.05) is 12.1 Å². The lowest BCUT2D eigenvalue weighted by Crippen LogP contribution is -2.54. The van der Waals surface area contributed by atoms with E-state index in [9.17, 15) is 24.0 Å². The molecule has 0 bridgehead atoms. The Morgan fingerprint density at radius 2 is 1.14 bits per heavy atom. The minimum absolute atomic E-state index is 0.0136. The fraction of sp³-hybridized carbons (Fsp3) is 0.543. The number of nitrogens with one attached hydrogen (secondary N) is 3. The van der Waals surface area contributed by atoms with E-state index in [2.05, 4.69) is 30.8 Å². The Morgan fingerprint density at radius 3 is 1.59 bits per heavy atom. The van der Waals surface area contributed by atoms with Gasteiger partial charge < -0.3 is 43.7 Å². The van der Waals surface area contributed by atoms with Gasteiger partial charge in [0.25, 0.3) is 5.91 Å². The lowest BCUT2D eigenvalue weighted by atomic mass is 9.97. The molecule has 350 valence electrons. The van der Waals surface area contributed by atoms with Gasteiger partial charge in [0.15, 0.2) is 0 Å². The normalized spacial score (nSPS) is 15.4. The van der Waals surface area contributed by atoms with Gasteiger partial charge >= 0.3 is 24.4 Å². The van der Waals surface area contributed by atoms with E-state index in [0.717, 1.165) is 22.4 Å². The Hall–Kier alpha value is -6.33. The Bertz CT molecular complexity index is 2150.